The predicted molar refractivity (Wildman–Crippen MR) is 111 cm³/mol. The van der Waals surface area contributed by atoms with Gasteiger partial charge < -0.3 is 16.8 Å². The minimum absolute atomic E-state index is 0.346. The molecule has 0 aliphatic carbocycles. The first-order valence-electron chi connectivity index (χ1n) is 8.55. The zero-order chi connectivity index (χ0) is 21.8. The zero-order valence-corrected chi connectivity index (χ0v) is 18.5. The second kappa shape index (κ2) is 9.30. The maximum absolute atomic E-state index is 11.3. The molecule has 0 bridgehead atoms. The number of nitrogens with two attached hydrogens (primary N) is 2. The molecule has 0 radical (unpaired) electrons. The lowest BCUT2D eigenvalue weighted by Gasteiger charge is -2.23. The molecule has 164 valence electrons. The van der Waals surface area contributed by atoms with E-state index < -0.39 is 19.1 Å². The van der Waals surface area contributed by atoms with Gasteiger partial charge in [0.2, 0.25) is 19.1 Å². The van der Waals surface area contributed by atoms with Gasteiger partial charge in [-0.1, -0.05) is 0 Å². The van der Waals surface area contributed by atoms with E-state index in [2.05, 4.69) is 36.4 Å². The molecule has 2 aliphatic heterocycles. The normalized spacial score (nSPS) is 16.5. The van der Waals surface area contributed by atoms with Crippen molar-refractivity contribution in [3.05, 3.63) is 22.5 Å². The van der Waals surface area contributed by atoms with E-state index >= 15 is 0 Å². The first-order chi connectivity index (χ1) is 13.4. The number of anilines is 2. The van der Waals surface area contributed by atoms with Crippen molar-refractivity contribution in [1.82, 2.24) is 30.0 Å². The van der Waals surface area contributed by atoms with Crippen LogP contribution in [0.5, 0.6) is 0 Å². The van der Waals surface area contributed by atoms with Gasteiger partial charge in [-0.2, -0.15) is 14.5 Å². The van der Waals surface area contributed by atoms with Crippen LogP contribution in [0.2, 0.25) is 0 Å². The molecule has 29 heavy (non-hydrogen) atoms. The third-order valence-corrected chi connectivity index (χ3v) is 5.49. The van der Waals surface area contributed by atoms with E-state index in [0.717, 1.165) is 42.7 Å². The largest absolute Gasteiger partial charge is 0.382 e. The average molecular weight is 469 g/mol. The van der Waals surface area contributed by atoms with Crippen molar-refractivity contribution in [2.45, 2.75) is 25.9 Å². The summed E-state index contributed by atoms with van der Waals surface area (Å²) >= 11 is 0. The number of fused-ring (bicyclic) bond motifs is 2. The number of halogens is 1. The number of nitrogen functional groups attached to an aromatic ring is 2. The molecule has 7 N–H and O–H groups in total. The van der Waals surface area contributed by atoms with Gasteiger partial charge in [0.1, 0.15) is 11.6 Å². The molecule has 15 heteroatoms. The van der Waals surface area contributed by atoms with Gasteiger partial charge in [-0.3, -0.25) is 10.2 Å². The second-order valence-electron chi connectivity index (χ2n) is 6.59. The third kappa shape index (κ3) is 7.15. The van der Waals surface area contributed by atoms with Crippen LogP contribution in [0.15, 0.2) is 0 Å². The Balaban J connectivity index is 0.000000175. The third-order valence-electron chi connectivity index (χ3n) is 4.24. The maximum atomic E-state index is 11.3. The fourth-order valence-corrected chi connectivity index (χ4v) is 3.66. The van der Waals surface area contributed by atoms with Crippen molar-refractivity contribution in [3.63, 3.8) is 0 Å². The predicted octanol–water partition coefficient (Wildman–Crippen LogP) is -0.868. The van der Waals surface area contributed by atoms with Crippen LogP contribution in [0.3, 0.4) is 0 Å². The fourth-order valence-electron chi connectivity index (χ4n) is 2.87. The highest BCUT2D eigenvalue weighted by Gasteiger charge is 2.25. The van der Waals surface area contributed by atoms with Crippen molar-refractivity contribution in [1.29, 1.82) is 0 Å². The van der Waals surface area contributed by atoms with Gasteiger partial charge in [0.15, 0.2) is 0 Å². The van der Waals surface area contributed by atoms with Crippen molar-refractivity contribution >= 4 is 41.4 Å². The van der Waals surface area contributed by atoms with Crippen LogP contribution in [-0.2, 0) is 45.0 Å². The van der Waals surface area contributed by atoms with Crippen LogP contribution in [0.25, 0.3) is 0 Å². The molecule has 12 nitrogen and oxygen atoms in total. The number of hydrogen-bond donors (Lipinski definition) is 5. The summed E-state index contributed by atoms with van der Waals surface area (Å²) in [6.45, 7) is 2.71. The van der Waals surface area contributed by atoms with E-state index in [1.54, 1.807) is 0 Å². The maximum Gasteiger partial charge on any atom is 0.229 e. The zero-order valence-electron chi connectivity index (χ0n) is 16.1. The van der Waals surface area contributed by atoms with Crippen LogP contribution in [-0.4, -0.2) is 67.1 Å². The Kier molecular flexibility index (Phi) is 7.50. The summed E-state index contributed by atoms with van der Waals surface area (Å²) in [5.41, 5.74) is 15.3. The van der Waals surface area contributed by atoms with E-state index in [1.165, 1.54) is 16.1 Å². The van der Waals surface area contributed by atoms with E-state index in [0.29, 0.717) is 31.1 Å². The summed E-state index contributed by atoms with van der Waals surface area (Å²) < 4.78 is 42.7. The van der Waals surface area contributed by atoms with E-state index in [9.17, 15) is 16.8 Å². The number of H-pyrrole nitrogens is 2. The van der Waals surface area contributed by atoms with Crippen molar-refractivity contribution in [2.75, 3.05) is 37.1 Å². The van der Waals surface area contributed by atoms with Gasteiger partial charge in [-0.25, -0.2) is 16.8 Å². The number of aromatic nitrogens is 4. The molecule has 0 saturated heterocycles. The SMILES string of the molecule is CS(=O)(=O)Cl.CS(=O)(=O)N1CCc2c(N)n[nH]c2C1.Nc1n[nH]c2c1CCNC2. The molecule has 2 aromatic rings. The molecule has 0 unspecified atom stereocenters. The monoisotopic (exact) mass is 468 g/mol. The Morgan fingerprint density at radius 1 is 0.966 bits per heavy atom. The van der Waals surface area contributed by atoms with Crippen LogP contribution in [0.1, 0.15) is 22.5 Å². The first kappa shape index (κ1) is 23.4. The number of nitrogens with zero attached hydrogens (tertiary/aromatic N) is 3. The lowest BCUT2D eigenvalue weighted by molar-refractivity contribution is 0.391. The Hall–Kier alpha value is -1.87. The average Bonchev–Trinajstić information content (AvgIpc) is 3.17. The van der Waals surface area contributed by atoms with Crippen LogP contribution in [0.4, 0.5) is 11.6 Å². The van der Waals surface area contributed by atoms with Gasteiger partial charge in [0.25, 0.3) is 0 Å². The standard InChI is InChI=1S/C7H12N4O2S.C6H10N4.CH3ClO2S/c1-14(12,13)11-3-2-5-6(4-11)9-10-7(5)8;7-6-4-1-2-8-3-5(4)9-10-6;1-5(2,3)4/h2-4H2,1H3,(H3,8,9,10);8H,1-3H2,(H3,7,9,10);1H3. The minimum Gasteiger partial charge on any atom is -0.382 e. The van der Waals surface area contributed by atoms with Gasteiger partial charge in [0, 0.05) is 34.9 Å². The Morgan fingerprint density at radius 2 is 1.48 bits per heavy atom. The van der Waals surface area contributed by atoms with Gasteiger partial charge in [-0.05, 0) is 19.4 Å². The molecule has 0 atom stereocenters. The van der Waals surface area contributed by atoms with Gasteiger partial charge in [-0.15, -0.1) is 0 Å². The highest BCUT2D eigenvalue weighted by molar-refractivity contribution is 8.13. The van der Waals surface area contributed by atoms with E-state index in [4.69, 9.17) is 11.5 Å². The summed E-state index contributed by atoms with van der Waals surface area (Å²) in [6.07, 6.45) is 3.76. The topological polar surface area (TPSA) is 193 Å². The van der Waals surface area contributed by atoms with Crippen molar-refractivity contribution < 1.29 is 16.8 Å². The fraction of sp³-hybridized carbons (Fsp3) is 0.571. The molecule has 0 aromatic carbocycles. The lowest BCUT2D eigenvalue weighted by atomic mass is 10.1. The second-order valence-corrected chi connectivity index (χ2v) is 11.6. The summed E-state index contributed by atoms with van der Waals surface area (Å²) in [6, 6.07) is 0. The van der Waals surface area contributed by atoms with E-state index in [-0.39, 0.29) is 0 Å². The number of hydrogen-bond acceptors (Lipinski definition) is 9. The van der Waals surface area contributed by atoms with Gasteiger partial charge >= 0.3 is 0 Å². The summed E-state index contributed by atoms with van der Waals surface area (Å²) in [7, 11) is -1.81. The van der Waals surface area contributed by atoms with Crippen LogP contribution < -0.4 is 16.8 Å². The molecule has 0 spiro atoms. The summed E-state index contributed by atoms with van der Waals surface area (Å²) in [4.78, 5) is 0. The number of nitrogens with one attached hydrogen (secondary N) is 3. The Bertz CT molecular complexity index is 1040. The highest BCUT2D eigenvalue weighted by atomic mass is 35.7. The van der Waals surface area contributed by atoms with Crippen LogP contribution >= 0.6 is 10.7 Å². The van der Waals surface area contributed by atoms with E-state index in [1.807, 2.05) is 0 Å². The minimum atomic E-state index is -3.19. The number of aromatic amines is 2. The molecular weight excluding hydrogens is 444 g/mol. The van der Waals surface area contributed by atoms with Crippen LogP contribution in [0, 0.1) is 0 Å². The number of sulfonamides is 1. The summed E-state index contributed by atoms with van der Waals surface area (Å²) in [5, 5.41) is 16.6. The molecule has 4 rings (SSSR count). The molecule has 2 aliphatic rings. The summed E-state index contributed by atoms with van der Waals surface area (Å²) in [5.74, 6) is 1.14. The molecule has 0 amide bonds. The Labute approximate surface area is 173 Å². The van der Waals surface area contributed by atoms with Crippen molar-refractivity contribution in [3.8, 4) is 0 Å². The Morgan fingerprint density at radius 3 is 2.00 bits per heavy atom. The molecule has 0 fully saturated rings. The van der Waals surface area contributed by atoms with Gasteiger partial charge in [0.05, 0.1) is 30.4 Å². The smallest absolute Gasteiger partial charge is 0.229 e. The quantitative estimate of drug-likeness (QED) is 0.330. The first-order valence-corrected chi connectivity index (χ1v) is 13.1. The molecule has 4 heterocycles. The lowest BCUT2D eigenvalue weighted by Crippen LogP contribution is -2.35. The molecule has 2 aromatic heterocycles. The highest BCUT2D eigenvalue weighted by Crippen LogP contribution is 2.22. The molecule has 0 saturated carbocycles. The van der Waals surface area contributed by atoms with Crippen molar-refractivity contribution in [2.24, 2.45) is 0 Å². The number of rotatable bonds is 1. The molecular formula is C14H25ClN8O4S2.